The first-order valence-corrected chi connectivity index (χ1v) is 14.1. The van der Waals surface area contributed by atoms with Crippen molar-refractivity contribution in [3.05, 3.63) is 171 Å². The van der Waals surface area contributed by atoms with E-state index in [1.54, 1.807) is 0 Å². The number of benzene rings is 4. The van der Waals surface area contributed by atoms with Crippen LogP contribution in [0.4, 0.5) is 0 Å². The molecule has 41 heavy (non-hydrogen) atoms. The van der Waals surface area contributed by atoms with Crippen LogP contribution in [0.1, 0.15) is 77.6 Å². The second-order valence-corrected chi connectivity index (χ2v) is 13.0. The molecule has 0 saturated carbocycles. The van der Waals surface area contributed by atoms with Gasteiger partial charge in [0.25, 0.3) is 0 Å². The Labute approximate surface area is 273 Å². The summed E-state index contributed by atoms with van der Waals surface area (Å²) in [6, 6.07) is 41.3. The summed E-state index contributed by atoms with van der Waals surface area (Å²) in [5.74, 6) is 0. The topological polar surface area (TPSA) is 0 Å². The van der Waals surface area contributed by atoms with Crippen molar-refractivity contribution < 1.29 is 26.2 Å². The van der Waals surface area contributed by atoms with Gasteiger partial charge >= 0.3 is 26.2 Å². The van der Waals surface area contributed by atoms with E-state index in [1.165, 1.54) is 22.3 Å². The Morgan fingerprint density at radius 3 is 0.488 bits per heavy atom. The molecule has 1 heteroatoms. The molecule has 0 unspecified atom stereocenters. The fourth-order valence-electron chi connectivity index (χ4n) is 3.56. The molecule has 0 heterocycles. The Morgan fingerprint density at radius 1 is 0.293 bits per heavy atom. The first-order valence-electron chi connectivity index (χ1n) is 14.1. The van der Waals surface area contributed by atoms with Crippen LogP contribution in [0, 0.1) is 27.7 Å². The maximum atomic E-state index is 4.04. The first-order chi connectivity index (χ1) is 18.4. The molecule has 0 N–H and O–H groups in total. The molecule has 0 aliphatic rings. The molecule has 0 saturated heterocycles. The summed E-state index contributed by atoms with van der Waals surface area (Å²) in [6.45, 7) is 33.1. The van der Waals surface area contributed by atoms with Crippen LogP contribution in [-0.2, 0) is 47.9 Å². The number of hydrogen-bond acceptors (Lipinski definition) is 0. The van der Waals surface area contributed by atoms with Gasteiger partial charge in [0.05, 0.1) is 0 Å². The van der Waals surface area contributed by atoms with Gasteiger partial charge in [0, 0.05) is 0 Å². The van der Waals surface area contributed by atoms with Crippen molar-refractivity contribution in [2.75, 3.05) is 0 Å². The first kappa shape index (κ1) is 38.8. The standard InChI is InChI=1S/4C10H13.Zr/c4*1-10(2,3)9-7-5-4-6-8-9;/h4*4-8H,1H2,2-3H3;/q4*-1;+4. The number of hydrogen-bond donors (Lipinski definition) is 0. The maximum Gasteiger partial charge on any atom is 4.00 e. The van der Waals surface area contributed by atoms with Crippen molar-refractivity contribution in [3.63, 3.8) is 0 Å². The quantitative estimate of drug-likeness (QED) is 0.198. The van der Waals surface area contributed by atoms with Crippen LogP contribution >= 0.6 is 0 Å². The summed E-state index contributed by atoms with van der Waals surface area (Å²) < 4.78 is 0. The van der Waals surface area contributed by atoms with Gasteiger partial charge in [0.1, 0.15) is 0 Å². The largest absolute Gasteiger partial charge is 4.00 e. The Morgan fingerprint density at radius 2 is 0.415 bits per heavy atom. The second-order valence-electron chi connectivity index (χ2n) is 13.0. The van der Waals surface area contributed by atoms with E-state index in [2.05, 4.69) is 132 Å². The summed E-state index contributed by atoms with van der Waals surface area (Å²) in [7, 11) is 0. The fraction of sp³-hybridized carbons (Fsp3) is 0.300. The van der Waals surface area contributed by atoms with E-state index in [4.69, 9.17) is 0 Å². The SMILES string of the molecule is [CH2-]C(C)(C)c1ccccc1.[CH2-]C(C)(C)c1ccccc1.[CH2-]C(C)(C)c1ccccc1.[CH2-]C(C)(C)c1ccccc1.[Zr+4]. The van der Waals surface area contributed by atoms with Gasteiger partial charge in [-0.25, -0.2) is 0 Å². The van der Waals surface area contributed by atoms with Crippen LogP contribution in [0.15, 0.2) is 121 Å². The molecule has 0 amide bonds. The molecule has 0 nitrogen and oxygen atoms in total. The zero-order valence-corrected chi connectivity index (χ0v) is 29.3. The van der Waals surface area contributed by atoms with E-state index in [0.29, 0.717) is 0 Å². The normalized spacial score (nSPS) is 11.2. The van der Waals surface area contributed by atoms with Crippen LogP contribution in [0.2, 0.25) is 0 Å². The van der Waals surface area contributed by atoms with Crippen LogP contribution < -0.4 is 0 Å². The zero-order valence-electron chi connectivity index (χ0n) is 26.9. The molecule has 0 bridgehead atoms. The molecule has 0 aliphatic heterocycles. The van der Waals surface area contributed by atoms with E-state index in [1.807, 2.05) is 72.8 Å². The molecule has 0 spiro atoms. The van der Waals surface area contributed by atoms with Crippen molar-refractivity contribution >= 4 is 0 Å². The predicted molar refractivity (Wildman–Crippen MR) is 179 cm³/mol. The van der Waals surface area contributed by atoms with Crippen LogP contribution in [0.3, 0.4) is 0 Å². The third-order valence-corrected chi connectivity index (χ3v) is 6.22. The monoisotopic (exact) mass is 622 g/mol. The summed E-state index contributed by atoms with van der Waals surface area (Å²) >= 11 is 0. The van der Waals surface area contributed by atoms with Gasteiger partial charge in [-0.15, -0.1) is 21.7 Å². The Balaban J connectivity index is 0.000000516. The van der Waals surface area contributed by atoms with Crippen molar-refractivity contribution in [3.8, 4) is 0 Å². The average molecular weight is 624 g/mol. The maximum absolute atomic E-state index is 4.04. The van der Waals surface area contributed by atoms with Gasteiger partial charge in [0.15, 0.2) is 0 Å². The summed E-state index contributed by atoms with van der Waals surface area (Å²) in [5, 5.41) is 0. The number of rotatable bonds is 4. The van der Waals surface area contributed by atoms with Gasteiger partial charge in [0.2, 0.25) is 0 Å². The van der Waals surface area contributed by atoms with E-state index in [0.717, 1.165) is 0 Å². The van der Waals surface area contributed by atoms with Crippen LogP contribution in [-0.4, -0.2) is 0 Å². The van der Waals surface area contributed by atoms with Gasteiger partial charge in [-0.3, -0.25) is 0 Å². The molecule has 4 rings (SSSR count). The van der Waals surface area contributed by atoms with Gasteiger partial charge < -0.3 is 27.7 Å². The Bertz CT molecular complexity index is 969. The van der Waals surface area contributed by atoms with E-state index < -0.39 is 0 Å². The predicted octanol–water partition coefficient (Wildman–Crippen LogP) is 11.2. The smallest absolute Gasteiger partial charge is 0.333 e. The Hall–Kier alpha value is -2.24. The van der Waals surface area contributed by atoms with Crippen molar-refractivity contribution in [2.24, 2.45) is 0 Å². The summed E-state index contributed by atoms with van der Waals surface area (Å²) in [6.07, 6.45) is 0. The van der Waals surface area contributed by atoms with Crippen molar-refractivity contribution in [2.45, 2.75) is 77.0 Å². The van der Waals surface area contributed by atoms with Gasteiger partial charge in [-0.05, 0) is 0 Å². The minimum absolute atomic E-state index is 0. The van der Waals surface area contributed by atoms with Gasteiger partial charge in [-0.2, -0.15) is 0 Å². The Kier molecular flexibility index (Phi) is 16.7. The molecule has 0 aromatic heterocycles. The molecule has 4 aromatic carbocycles. The third-order valence-electron chi connectivity index (χ3n) is 6.22. The van der Waals surface area contributed by atoms with Crippen LogP contribution in [0.5, 0.6) is 0 Å². The third kappa shape index (κ3) is 16.7. The molecular weight excluding hydrogens is 572 g/mol. The average Bonchev–Trinajstić information content (AvgIpc) is 2.90. The van der Waals surface area contributed by atoms with Crippen LogP contribution in [0.25, 0.3) is 0 Å². The van der Waals surface area contributed by atoms with Crippen molar-refractivity contribution in [1.29, 1.82) is 0 Å². The molecule has 0 fully saturated rings. The molecular formula is C40H52Zr. The minimum Gasteiger partial charge on any atom is -0.333 e. The fourth-order valence-corrected chi connectivity index (χ4v) is 3.56. The van der Waals surface area contributed by atoms with Crippen molar-refractivity contribution in [1.82, 2.24) is 0 Å². The van der Waals surface area contributed by atoms with E-state index in [-0.39, 0.29) is 47.9 Å². The van der Waals surface area contributed by atoms with E-state index in [9.17, 15) is 0 Å². The second kappa shape index (κ2) is 17.7. The summed E-state index contributed by atoms with van der Waals surface area (Å²) in [4.78, 5) is 0. The van der Waals surface area contributed by atoms with E-state index >= 15 is 0 Å². The molecule has 0 radical (unpaired) electrons. The minimum atomic E-state index is 0. The van der Waals surface area contributed by atoms with Gasteiger partial charge in [-0.1, -0.05) is 199 Å². The molecule has 4 aromatic rings. The molecule has 0 aliphatic carbocycles. The summed E-state index contributed by atoms with van der Waals surface area (Å²) in [5.41, 5.74) is 5.32. The zero-order chi connectivity index (χ0) is 30.5. The molecule has 0 atom stereocenters. The molecule has 216 valence electrons.